The molecule has 0 saturated heterocycles. The zero-order valence-corrected chi connectivity index (χ0v) is 8.20. The fraction of sp³-hybridized carbons (Fsp3) is 0.462. The molecule has 0 spiro atoms. The van der Waals surface area contributed by atoms with Crippen molar-refractivity contribution in [3.63, 3.8) is 0 Å². The lowest BCUT2D eigenvalue weighted by atomic mass is 9.90. The molecule has 14 heavy (non-hydrogen) atoms. The van der Waals surface area contributed by atoms with E-state index in [9.17, 15) is 4.79 Å². The average molecular weight is 186 g/mol. The summed E-state index contributed by atoms with van der Waals surface area (Å²) in [5.41, 5.74) is 2.65. The molecule has 0 aromatic heterocycles. The smallest absolute Gasteiger partial charge is 0.150 e. The predicted molar refractivity (Wildman–Crippen MR) is 55.5 cm³/mol. The summed E-state index contributed by atoms with van der Waals surface area (Å²) in [5, 5.41) is 0. The van der Waals surface area contributed by atoms with Crippen LogP contribution in [0, 0.1) is 5.92 Å². The van der Waals surface area contributed by atoms with Crippen molar-refractivity contribution in [3.05, 3.63) is 35.4 Å². The SMILES string of the molecule is O=Cc1ccccc1C12CCCC1C2. The van der Waals surface area contributed by atoms with Gasteiger partial charge in [-0.1, -0.05) is 30.7 Å². The zero-order valence-electron chi connectivity index (χ0n) is 8.20. The monoisotopic (exact) mass is 186 g/mol. The maximum absolute atomic E-state index is 10.9. The van der Waals surface area contributed by atoms with E-state index in [2.05, 4.69) is 12.1 Å². The second kappa shape index (κ2) is 2.69. The van der Waals surface area contributed by atoms with Crippen molar-refractivity contribution < 1.29 is 4.79 Å². The van der Waals surface area contributed by atoms with Gasteiger partial charge in [0.05, 0.1) is 0 Å². The number of aldehydes is 1. The van der Waals surface area contributed by atoms with Crippen LogP contribution in [0.2, 0.25) is 0 Å². The van der Waals surface area contributed by atoms with Gasteiger partial charge < -0.3 is 0 Å². The van der Waals surface area contributed by atoms with Gasteiger partial charge in [-0.25, -0.2) is 0 Å². The van der Waals surface area contributed by atoms with Crippen LogP contribution in [-0.4, -0.2) is 6.29 Å². The first-order chi connectivity index (χ1) is 6.87. The van der Waals surface area contributed by atoms with E-state index in [4.69, 9.17) is 0 Å². The summed E-state index contributed by atoms with van der Waals surface area (Å²) < 4.78 is 0. The van der Waals surface area contributed by atoms with E-state index in [1.165, 1.54) is 31.2 Å². The number of hydrogen-bond donors (Lipinski definition) is 0. The third-order valence-corrected chi connectivity index (χ3v) is 4.03. The van der Waals surface area contributed by atoms with Crippen molar-refractivity contribution >= 4 is 6.29 Å². The van der Waals surface area contributed by atoms with Crippen molar-refractivity contribution in [1.29, 1.82) is 0 Å². The molecule has 0 heterocycles. The van der Waals surface area contributed by atoms with Crippen LogP contribution in [-0.2, 0) is 5.41 Å². The molecular weight excluding hydrogens is 172 g/mol. The van der Waals surface area contributed by atoms with E-state index < -0.39 is 0 Å². The number of carbonyl (C=O) groups excluding carboxylic acids is 1. The number of hydrogen-bond acceptors (Lipinski definition) is 1. The fourth-order valence-electron chi connectivity index (χ4n) is 3.25. The Bertz CT molecular complexity index is 383. The van der Waals surface area contributed by atoms with Gasteiger partial charge in [0.1, 0.15) is 6.29 Å². The highest BCUT2D eigenvalue weighted by molar-refractivity contribution is 5.78. The van der Waals surface area contributed by atoms with Gasteiger partial charge >= 0.3 is 0 Å². The normalized spacial score (nSPS) is 33.9. The quantitative estimate of drug-likeness (QED) is 0.649. The Balaban J connectivity index is 2.08. The summed E-state index contributed by atoms with van der Waals surface area (Å²) in [6.07, 6.45) is 6.34. The molecule has 1 heteroatoms. The Labute approximate surface area is 84.1 Å². The van der Waals surface area contributed by atoms with Crippen LogP contribution in [0.15, 0.2) is 24.3 Å². The van der Waals surface area contributed by atoms with E-state index in [0.717, 1.165) is 17.8 Å². The van der Waals surface area contributed by atoms with Crippen molar-refractivity contribution in [2.75, 3.05) is 0 Å². The Hall–Kier alpha value is -1.11. The molecule has 3 rings (SSSR count). The highest BCUT2D eigenvalue weighted by Gasteiger charge is 2.58. The molecule has 2 unspecified atom stereocenters. The van der Waals surface area contributed by atoms with Gasteiger partial charge in [0, 0.05) is 5.56 Å². The summed E-state index contributed by atoms with van der Waals surface area (Å²) in [6.45, 7) is 0. The van der Waals surface area contributed by atoms with Crippen LogP contribution in [0.5, 0.6) is 0 Å². The van der Waals surface area contributed by atoms with Gasteiger partial charge in [-0.3, -0.25) is 4.79 Å². The lowest BCUT2D eigenvalue weighted by molar-refractivity contribution is 0.112. The maximum Gasteiger partial charge on any atom is 0.150 e. The first-order valence-electron chi connectivity index (χ1n) is 5.41. The number of carbonyl (C=O) groups is 1. The van der Waals surface area contributed by atoms with Gasteiger partial charge in [-0.2, -0.15) is 0 Å². The van der Waals surface area contributed by atoms with E-state index in [0.29, 0.717) is 5.41 Å². The first-order valence-corrected chi connectivity index (χ1v) is 5.41. The van der Waals surface area contributed by atoms with Crippen LogP contribution in [0.4, 0.5) is 0 Å². The summed E-state index contributed by atoms with van der Waals surface area (Å²) in [7, 11) is 0. The first kappa shape index (κ1) is 8.22. The van der Waals surface area contributed by atoms with E-state index in [1.54, 1.807) is 0 Å². The molecule has 0 N–H and O–H groups in total. The molecule has 2 fully saturated rings. The lowest BCUT2D eigenvalue weighted by Gasteiger charge is -2.14. The molecule has 0 amide bonds. The molecule has 0 aliphatic heterocycles. The Kier molecular flexibility index (Phi) is 1.58. The lowest BCUT2D eigenvalue weighted by Crippen LogP contribution is -2.08. The molecule has 1 aromatic rings. The van der Waals surface area contributed by atoms with Crippen LogP contribution in [0.3, 0.4) is 0 Å². The molecule has 2 atom stereocenters. The van der Waals surface area contributed by atoms with Gasteiger partial charge in [0.25, 0.3) is 0 Å². The molecule has 0 bridgehead atoms. The molecule has 2 saturated carbocycles. The molecule has 1 aromatic carbocycles. The predicted octanol–water partition coefficient (Wildman–Crippen LogP) is 2.94. The third-order valence-electron chi connectivity index (χ3n) is 4.03. The van der Waals surface area contributed by atoms with Crippen LogP contribution in [0.25, 0.3) is 0 Å². The van der Waals surface area contributed by atoms with Crippen molar-refractivity contribution in [2.45, 2.75) is 31.1 Å². The minimum Gasteiger partial charge on any atom is -0.298 e. The highest BCUT2D eigenvalue weighted by Crippen LogP contribution is 2.64. The zero-order chi connectivity index (χ0) is 9.60. The second-order valence-corrected chi connectivity index (χ2v) is 4.65. The Morgan fingerprint density at radius 3 is 2.86 bits per heavy atom. The molecule has 0 radical (unpaired) electrons. The summed E-state index contributed by atoms with van der Waals surface area (Å²) in [4.78, 5) is 10.9. The number of fused-ring (bicyclic) bond motifs is 1. The molecule has 72 valence electrons. The van der Waals surface area contributed by atoms with Gasteiger partial charge in [-0.05, 0) is 36.2 Å². The minimum absolute atomic E-state index is 0.414. The topological polar surface area (TPSA) is 17.1 Å². The molecular formula is C13H14O. The van der Waals surface area contributed by atoms with E-state index in [-0.39, 0.29) is 0 Å². The third kappa shape index (κ3) is 0.927. The van der Waals surface area contributed by atoms with Crippen LogP contribution < -0.4 is 0 Å². The Morgan fingerprint density at radius 1 is 1.36 bits per heavy atom. The van der Waals surface area contributed by atoms with Crippen LogP contribution >= 0.6 is 0 Å². The van der Waals surface area contributed by atoms with Crippen molar-refractivity contribution in [1.82, 2.24) is 0 Å². The maximum atomic E-state index is 10.9. The van der Waals surface area contributed by atoms with Gasteiger partial charge in [0.15, 0.2) is 0 Å². The largest absolute Gasteiger partial charge is 0.298 e. The molecule has 2 aliphatic rings. The Morgan fingerprint density at radius 2 is 2.21 bits per heavy atom. The minimum atomic E-state index is 0.414. The van der Waals surface area contributed by atoms with E-state index in [1.807, 2.05) is 12.1 Å². The second-order valence-electron chi connectivity index (χ2n) is 4.65. The van der Waals surface area contributed by atoms with Crippen molar-refractivity contribution in [3.8, 4) is 0 Å². The fourth-order valence-corrected chi connectivity index (χ4v) is 3.25. The van der Waals surface area contributed by atoms with Gasteiger partial charge in [0.2, 0.25) is 0 Å². The molecule has 1 nitrogen and oxygen atoms in total. The summed E-state index contributed by atoms with van der Waals surface area (Å²) in [6, 6.07) is 8.11. The van der Waals surface area contributed by atoms with E-state index >= 15 is 0 Å². The van der Waals surface area contributed by atoms with Crippen molar-refractivity contribution in [2.24, 2.45) is 5.92 Å². The highest BCUT2D eigenvalue weighted by atomic mass is 16.1. The summed E-state index contributed by atoms with van der Waals surface area (Å²) >= 11 is 0. The number of rotatable bonds is 2. The number of benzene rings is 1. The van der Waals surface area contributed by atoms with Gasteiger partial charge in [-0.15, -0.1) is 0 Å². The average Bonchev–Trinajstić information content (AvgIpc) is 2.82. The standard InChI is InChI=1S/C13H14O/c14-9-10-4-1-2-6-12(10)13-7-3-5-11(13)8-13/h1-2,4,6,9,11H,3,5,7-8H2. The molecule has 2 aliphatic carbocycles. The summed E-state index contributed by atoms with van der Waals surface area (Å²) in [5.74, 6) is 0.878. The van der Waals surface area contributed by atoms with Crippen LogP contribution in [0.1, 0.15) is 41.6 Å².